The number of H-pyrrole nitrogens is 1. The Bertz CT molecular complexity index is 1420. The highest BCUT2D eigenvalue weighted by Gasteiger charge is 2.47. The second-order valence-electron chi connectivity index (χ2n) is 10.9. The summed E-state index contributed by atoms with van der Waals surface area (Å²) in [5.74, 6) is 0.136. The van der Waals surface area contributed by atoms with Crippen molar-refractivity contribution in [2.24, 2.45) is 5.41 Å². The Morgan fingerprint density at radius 3 is 2.41 bits per heavy atom. The smallest absolute Gasteiger partial charge is 0.307 e. The quantitative estimate of drug-likeness (QED) is 0.354. The van der Waals surface area contributed by atoms with Crippen LogP contribution in [0.2, 0.25) is 0 Å². The molecule has 2 aromatic carbocycles. The van der Waals surface area contributed by atoms with Gasteiger partial charge in [0.15, 0.2) is 0 Å². The molecule has 8 nitrogen and oxygen atoms in total. The van der Waals surface area contributed by atoms with Crippen molar-refractivity contribution in [1.82, 2.24) is 20.5 Å². The van der Waals surface area contributed by atoms with E-state index >= 15 is 0 Å². The minimum Gasteiger partial charge on any atom is -0.460 e. The molecule has 37 heavy (non-hydrogen) atoms. The third kappa shape index (κ3) is 5.28. The van der Waals surface area contributed by atoms with Gasteiger partial charge >= 0.3 is 5.97 Å². The molecule has 2 aromatic heterocycles. The third-order valence-corrected chi connectivity index (χ3v) is 6.80. The molecule has 0 radical (unpaired) electrons. The molecule has 0 saturated heterocycles. The number of benzene rings is 2. The Balaban J connectivity index is 1.46. The highest BCUT2D eigenvalue weighted by atomic mass is 16.6. The maximum Gasteiger partial charge on any atom is 0.307 e. The van der Waals surface area contributed by atoms with Gasteiger partial charge in [-0.05, 0) is 56.4 Å². The van der Waals surface area contributed by atoms with Crippen LogP contribution in [0.1, 0.15) is 61.7 Å². The van der Waals surface area contributed by atoms with Gasteiger partial charge in [-0.1, -0.05) is 42.5 Å². The number of nitrogens with one attached hydrogen (secondary N) is 2. The van der Waals surface area contributed by atoms with Gasteiger partial charge in [0.25, 0.3) is 0 Å². The first kappa shape index (κ1) is 24.7. The van der Waals surface area contributed by atoms with E-state index in [1.165, 1.54) is 0 Å². The number of esters is 1. The average Bonchev–Trinajstić information content (AvgIpc) is 3.54. The van der Waals surface area contributed by atoms with Gasteiger partial charge in [0.05, 0.1) is 11.8 Å². The summed E-state index contributed by atoms with van der Waals surface area (Å²) in [5, 5.41) is 12.5. The fraction of sp³-hybridized carbons (Fsp3) is 0.379. The molecular weight excluding hydrogens is 468 g/mol. The summed E-state index contributed by atoms with van der Waals surface area (Å²) in [6.07, 6.45) is 3.28. The Kier molecular flexibility index (Phi) is 6.35. The largest absolute Gasteiger partial charge is 0.460 e. The van der Waals surface area contributed by atoms with Gasteiger partial charge in [0.1, 0.15) is 11.6 Å². The fourth-order valence-corrected chi connectivity index (χ4v) is 5.20. The molecule has 192 valence electrons. The molecule has 0 bridgehead atoms. The summed E-state index contributed by atoms with van der Waals surface area (Å²) in [6.45, 7) is 7.21. The maximum absolute atomic E-state index is 14.1. The second-order valence-corrected chi connectivity index (χ2v) is 10.9. The van der Waals surface area contributed by atoms with Crippen LogP contribution >= 0.6 is 0 Å². The molecule has 0 aliphatic heterocycles. The summed E-state index contributed by atoms with van der Waals surface area (Å²) < 4.78 is 11.4. The monoisotopic (exact) mass is 500 g/mol. The van der Waals surface area contributed by atoms with Gasteiger partial charge < -0.3 is 19.5 Å². The van der Waals surface area contributed by atoms with Crippen molar-refractivity contribution in [1.29, 1.82) is 0 Å². The molecular formula is C29H32N4O4. The number of hydrogen-bond donors (Lipinski definition) is 2. The van der Waals surface area contributed by atoms with E-state index in [0.29, 0.717) is 31.0 Å². The summed E-state index contributed by atoms with van der Waals surface area (Å²) >= 11 is 0. The molecule has 8 heteroatoms. The van der Waals surface area contributed by atoms with Gasteiger partial charge in [-0.25, -0.2) is 0 Å². The van der Waals surface area contributed by atoms with Crippen LogP contribution in [0.15, 0.2) is 59.1 Å². The van der Waals surface area contributed by atoms with Gasteiger partial charge in [-0.3, -0.25) is 9.59 Å². The summed E-state index contributed by atoms with van der Waals surface area (Å²) in [7, 11) is 0. The number of rotatable bonds is 7. The lowest BCUT2D eigenvalue weighted by Crippen LogP contribution is -2.46. The zero-order chi connectivity index (χ0) is 26.2. The zero-order valence-electron chi connectivity index (χ0n) is 21.6. The minimum absolute atomic E-state index is 0.0204. The van der Waals surface area contributed by atoms with Crippen molar-refractivity contribution >= 4 is 22.8 Å². The first-order valence-corrected chi connectivity index (χ1v) is 12.6. The number of aromatic nitrogens is 3. The van der Waals surface area contributed by atoms with E-state index in [1.807, 2.05) is 75.5 Å². The van der Waals surface area contributed by atoms with Crippen molar-refractivity contribution in [2.75, 3.05) is 0 Å². The molecule has 0 saturated carbocycles. The molecule has 1 atom stereocenters. The zero-order valence-corrected chi connectivity index (χ0v) is 21.6. The van der Waals surface area contributed by atoms with Crippen LogP contribution < -0.4 is 5.32 Å². The minimum atomic E-state index is -0.973. The number of fused-ring (bicyclic) bond motifs is 2. The SMILES string of the molecule is Cc1nnc([C@H](Cc2c[nH]c3ccccc23)NC(=O)C2(CC(=O)OC(C)(C)C)Cc3ccccc3C2)o1. The molecule has 0 spiro atoms. The Morgan fingerprint density at radius 2 is 1.76 bits per heavy atom. The average molecular weight is 501 g/mol. The highest BCUT2D eigenvalue weighted by molar-refractivity contribution is 5.89. The third-order valence-electron chi connectivity index (χ3n) is 6.80. The van der Waals surface area contributed by atoms with E-state index < -0.39 is 23.0 Å². The Morgan fingerprint density at radius 1 is 1.08 bits per heavy atom. The normalized spacial score (nSPS) is 15.4. The number of amides is 1. The number of carbonyl (C=O) groups is 2. The summed E-state index contributed by atoms with van der Waals surface area (Å²) in [4.78, 5) is 30.4. The number of ether oxygens (including phenoxy) is 1. The molecule has 0 fully saturated rings. The number of carbonyl (C=O) groups excluding carboxylic acids is 2. The molecule has 5 rings (SSSR count). The van der Waals surface area contributed by atoms with Crippen molar-refractivity contribution in [3.05, 3.63) is 83.2 Å². The van der Waals surface area contributed by atoms with Crippen molar-refractivity contribution in [3.8, 4) is 0 Å². The van der Waals surface area contributed by atoms with Crippen molar-refractivity contribution in [3.63, 3.8) is 0 Å². The van der Waals surface area contributed by atoms with Gasteiger partial charge in [-0.15, -0.1) is 10.2 Å². The number of hydrogen-bond acceptors (Lipinski definition) is 6. The van der Waals surface area contributed by atoms with Crippen LogP contribution in [0, 0.1) is 12.3 Å². The molecule has 4 aromatic rings. The van der Waals surface area contributed by atoms with E-state index in [0.717, 1.165) is 27.6 Å². The van der Waals surface area contributed by atoms with Gasteiger partial charge in [0, 0.05) is 30.4 Å². The standard InChI is InChI=1S/C29H32N4O4/c1-18-32-33-26(36-18)24(13-21-17-30-23-12-8-7-11-22(21)23)31-27(35)29(16-25(34)37-28(2,3)4)14-19-9-5-6-10-20(19)15-29/h5-12,17,24,30H,13-16H2,1-4H3,(H,31,35)/t24-/m0/s1. The van der Waals surface area contributed by atoms with Crippen LogP contribution in [0.4, 0.5) is 0 Å². The van der Waals surface area contributed by atoms with E-state index in [4.69, 9.17) is 9.15 Å². The first-order chi connectivity index (χ1) is 17.6. The molecule has 1 aliphatic rings. The topological polar surface area (TPSA) is 110 Å². The number of aromatic amines is 1. The number of aryl methyl sites for hydroxylation is 1. The number of para-hydroxylation sites is 1. The van der Waals surface area contributed by atoms with E-state index in [2.05, 4.69) is 20.5 Å². The van der Waals surface area contributed by atoms with E-state index in [9.17, 15) is 9.59 Å². The lowest BCUT2D eigenvalue weighted by Gasteiger charge is -2.30. The molecule has 2 N–H and O–H groups in total. The van der Waals surface area contributed by atoms with Crippen LogP contribution in [0.3, 0.4) is 0 Å². The summed E-state index contributed by atoms with van der Waals surface area (Å²) in [5.41, 5.74) is 2.56. The van der Waals surface area contributed by atoms with E-state index in [-0.39, 0.29) is 12.3 Å². The van der Waals surface area contributed by atoms with Gasteiger partial charge in [-0.2, -0.15) is 0 Å². The van der Waals surface area contributed by atoms with E-state index in [1.54, 1.807) is 6.92 Å². The highest BCUT2D eigenvalue weighted by Crippen LogP contribution is 2.41. The Hall–Kier alpha value is -3.94. The maximum atomic E-state index is 14.1. The molecule has 1 amide bonds. The van der Waals surface area contributed by atoms with Crippen LogP contribution in [-0.2, 0) is 33.6 Å². The molecule has 0 unspecified atom stereocenters. The Labute approximate surface area is 215 Å². The van der Waals surface area contributed by atoms with Crippen LogP contribution in [0.25, 0.3) is 10.9 Å². The predicted octanol–water partition coefficient (Wildman–Crippen LogP) is 4.78. The first-order valence-electron chi connectivity index (χ1n) is 12.6. The second kappa shape index (κ2) is 9.50. The molecule has 2 heterocycles. The predicted molar refractivity (Wildman–Crippen MR) is 139 cm³/mol. The lowest BCUT2D eigenvalue weighted by atomic mass is 9.80. The summed E-state index contributed by atoms with van der Waals surface area (Å²) in [6, 6.07) is 15.4. The van der Waals surface area contributed by atoms with Crippen LogP contribution in [-0.4, -0.2) is 32.7 Å². The fourth-order valence-electron chi connectivity index (χ4n) is 5.20. The molecule has 1 aliphatic carbocycles. The lowest BCUT2D eigenvalue weighted by molar-refractivity contribution is -0.160. The number of nitrogens with zero attached hydrogens (tertiary/aromatic N) is 2. The van der Waals surface area contributed by atoms with Crippen LogP contribution in [0.5, 0.6) is 0 Å². The van der Waals surface area contributed by atoms with Gasteiger partial charge in [0.2, 0.25) is 17.7 Å². The van der Waals surface area contributed by atoms with Crippen molar-refractivity contribution < 1.29 is 18.7 Å². The van der Waals surface area contributed by atoms with Crippen molar-refractivity contribution in [2.45, 2.75) is 65.0 Å².